The number of anilines is 8. The summed E-state index contributed by atoms with van der Waals surface area (Å²) in [6.45, 7) is 7.33. The highest BCUT2D eigenvalue weighted by Crippen LogP contribution is 2.62. The Morgan fingerprint density at radius 2 is 1.08 bits per heavy atom. The maximum atomic E-state index is 7.04. The van der Waals surface area contributed by atoms with Gasteiger partial charge < -0.3 is 19.1 Å². The topological polar surface area (TPSA) is 22.9 Å². The molecule has 358 valence electrons. The second-order valence-electron chi connectivity index (χ2n) is 22.0. The van der Waals surface area contributed by atoms with E-state index in [1.165, 1.54) is 123 Å². The summed E-state index contributed by atoms with van der Waals surface area (Å²) < 4.78 is 9.63. The molecule has 10 aromatic carbocycles. The van der Waals surface area contributed by atoms with Gasteiger partial charge in [0, 0.05) is 65.8 Å². The normalized spacial score (nSPS) is 18.4. The second kappa shape index (κ2) is 15.8. The van der Waals surface area contributed by atoms with Crippen molar-refractivity contribution in [2.24, 2.45) is 0 Å². The Morgan fingerprint density at radius 3 is 1.87 bits per heavy atom. The third-order valence-corrected chi connectivity index (χ3v) is 19.2. The number of aryl methyl sites for hydroxylation is 1. The van der Waals surface area contributed by atoms with Crippen LogP contribution >= 0.6 is 11.3 Å². The van der Waals surface area contributed by atoms with E-state index in [1.54, 1.807) is 0 Å². The lowest BCUT2D eigenvalue weighted by Crippen LogP contribution is -2.61. The highest BCUT2D eigenvalue weighted by molar-refractivity contribution is 7.26. The summed E-state index contributed by atoms with van der Waals surface area (Å²) in [5, 5.41) is 4.84. The minimum absolute atomic E-state index is 0.0427. The lowest BCUT2D eigenvalue weighted by atomic mass is 9.33. The van der Waals surface area contributed by atoms with Crippen LogP contribution in [-0.4, -0.2) is 12.3 Å². The van der Waals surface area contributed by atoms with Gasteiger partial charge in [-0.2, -0.15) is 0 Å². The van der Waals surface area contributed by atoms with Crippen molar-refractivity contribution in [2.75, 3.05) is 14.7 Å². The zero-order valence-electron chi connectivity index (χ0n) is 42.3. The SMILES string of the molecule is Cc1cc2c3c(c1)N(c1cccc4c1sc1ccccc14)c1cc(-c4ccccc4)ccc1B3c1ccc(N3c4ccc(-c5ccccc5)cc4C4(C)CCCCC34C)cc1N2c1cccc2c1oc1ccccc12. The van der Waals surface area contributed by atoms with E-state index in [4.69, 9.17) is 4.42 Å². The summed E-state index contributed by atoms with van der Waals surface area (Å²) in [6, 6.07) is 79.8. The van der Waals surface area contributed by atoms with Crippen LogP contribution in [0.15, 0.2) is 217 Å². The summed E-state index contributed by atoms with van der Waals surface area (Å²) in [5.41, 5.74) is 22.7. The molecule has 4 aliphatic rings. The second-order valence-corrected chi connectivity index (χ2v) is 23.0. The Labute approximate surface area is 441 Å². The van der Waals surface area contributed by atoms with Crippen LogP contribution in [0.4, 0.5) is 45.5 Å². The molecule has 2 unspecified atom stereocenters. The monoisotopic (exact) mass is 981 g/mol. The maximum absolute atomic E-state index is 7.04. The minimum atomic E-state index is -0.142. The molecule has 4 nitrogen and oxygen atoms in total. The van der Waals surface area contributed by atoms with Gasteiger partial charge in [-0.25, -0.2) is 0 Å². The largest absolute Gasteiger partial charge is 0.454 e. The first-order valence-electron chi connectivity index (χ1n) is 26.7. The van der Waals surface area contributed by atoms with Gasteiger partial charge in [0.1, 0.15) is 5.58 Å². The standard InChI is InChI=1S/C69H52BN3OS/c1-43-38-61-65-62(39-43)72(58-27-17-25-52-50-23-11-13-29-64(50)75-67(52)58)59-41-47(45-20-8-5-9-21-45)30-33-54(59)70(65)55-34-32-48(42-60(55)71(61)57-26-16-24-51-49-22-10-12-28-63(49)74-66(51)57)73-56-35-31-46(44-18-6-4-7-19-44)40-53(56)68(2)36-14-15-37-69(68,73)3/h4-13,16-35,38-42H,14-15,36-37H2,1-3H3. The Hall–Kier alpha value is -8.32. The molecule has 1 fully saturated rings. The van der Waals surface area contributed by atoms with Gasteiger partial charge in [0.2, 0.25) is 0 Å². The predicted octanol–water partition coefficient (Wildman–Crippen LogP) is 17.4. The van der Waals surface area contributed by atoms with Crippen molar-refractivity contribution < 1.29 is 4.42 Å². The molecule has 0 amide bonds. The van der Waals surface area contributed by atoms with Crippen molar-refractivity contribution in [3.8, 4) is 22.3 Å². The fraction of sp³-hybridized carbons (Fsp3) is 0.130. The zero-order valence-corrected chi connectivity index (χ0v) is 43.1. The van der Waals surface area contributed by atoms with Crippen LogP contribution in [-0.2, 0) is 5.41 Å². The number of hydrogen-bond acceptors (Lipinski definition) is 5. The number of thiophene rings is 1. The first-order chi connectivity index (χ1) is 36.8. The lowest BCUT2D eigenvalue weighted by Gasteiger charge is -2.50. The van der Waals surface area contributed by atoms with E-state index in [0.717, 1.165) is 40.5 Å². The van der Waals surface area contributed by atoms with Gasteiger partial charge in [0.05, 0.1) is 21.6 Å². The fourth-order valence-electron chi connectivity index (χ4n) is 14.3. The van der Waals surface area contributed by atoms with Gasteiger partial charge in [0.15, 0.2) is 5.58 Å². The third-order valence-electron chi connectivity index (χ3n) is 18.0. The van der Waals surface area contributed by atoms with Crippen LogP contribution in [0.25, 0.3) is 64.4 Å². The lowest BCUT2D eigenvalue weighted by molar-refractivity contribution is 0.195. The number of benzene rings is 10. The van der Waals surface area contributed by atoms with Crippen LogP contribution in [0.3, 0.4) is 0 Å². The molecule has 75 heavy (non-hydrogen) atoms. The van der Waals surface area contributed by atoms with Crippen molar-refractivity contribution in [2.45, 2.75) is 57.4 Å². The molecule has 0 spiro atoms. The summed E-state index contributed by atoms with van der Waals surface area (Å²) in [6.07, 6.45) is 4.71. The quantitative estimate of drug-likeness (QED) is 0.160. The van der Waals surface area contributed by atoms with Gasteiger partial charge >= 0.3 is 0 Å². The van der Waals surface area contributed by atoms with Crippen molar-refractivity contribution >= 4 is 122 Å². The molecule has 2 atom stereocenters. The zero-order chi connectivity index (χ0) is 49.7. The third kappa shape index (κ3) is 6.00. The number of hydrogen-bond donors (Lipinski definition) is 0. The molecule has 2 aromatic heterocycles. The molecule has 0 saturated heterocycles. The molecule has 0 bridgehead atoms. The average Bonchev–Trinajstić information content (AvgIpc) is 4.26. The summed E-state index contributed by atoms with van der Waals surface area (Å²) in [7, 11) is 0. The maximum Gasteiger partial charge on any atom is 0.252 e. The number of fused-ring (bicyclic) bond motifs is 13. The first-order valence-corrected chi connectivity index (χ1v) is 27.6. The average molecular weight is 982 g/mol. The van der Waals surface area contributed by atoms with Crippen LogP contribution < -0.4 is 31.1 Å². The van der Waals surface area contributed by atoms with Crippen LogP contribution in [0, 0.1) is 6.92 Å². The molecule has 6 heteroatoms. The Balaban J connectivity index is 0.981. The summed E-state index contributed by atoms with van der Waals surface area (Å²) in [5.74, 6) is 0. The Morgan fingerprint density at radius 1 is 0.467 bits per heavy atom. The van der Waals surface area contributed by atoms with E-state index in [-0.39, 0.29) is 17.7 Å². The Kier molecular flexibility index (Phi) is 9.11. The van der Waals surface area contributed by atoms with Gasteiger partial charge in [-0.05, 0) is 143 Å². The van der Waals surface area contributed by atoms with Gasteiger partial charge in [-0.1, -0.05) is 165 Å². The number of rotatable bonds is 5. The van der Waals surface area contributed by atoms with Crippen molar-refractivity contribution in [1.29, 1.82) is 0 Å². The number of para-hydroxylation sites is 2. The van der Waals surface area contributed by atoms with Crippen LogP contribution in [0.2, 0.25) is 0 Å². The molecule has 3 aliphatic heterocycles. The van der Waals surface area contributed by atoms with Crippen LogP contribution in [0.1, 0.15) is 50.7 Å². The van der Waals surface area contributed by atoms with E-state index < -0.39 is 0 Å². The predicted molar refractivity (Wildman–Crippen MR) is 319 cm³/mol. The molecular weight excluding hydrogens is 930 g/mol. The van der Waals surface area contributed by atoms with E-state index in [1.807, 2.05) is 11.3 Å². The molecular formula is C69H52BN3OS. The van der Waals surface area contributed by atoms with E-state index in [2.05, 4.69) is 248 Å². The molecule has 5 heterocycles. The summed E-state index contributed by atoms with van der Waals surface area (Å²) in [4.78, 5) is 7.93. The van der Waals surface area contributed by atoms with E-state index >= 15 is 0 Å². The number of nitrogens with zero attached hydrogens (tertiary/aromatic N) is 3. The van der Waals surface area contributed by atoms with E-state index in [9.17, 15) is 0 Å². The van der Waals surface area contributed by atoms with Crippen molar-refractivity contribution in [1.82, 2.24) is 0 Å². The minimum Gasteiger partial charge on any atom is -0.454 e. The Bertz CT molecular complexity index is 4350. The highest BCUT2D eigenvalue weighted by Gasteiger charge is 2.58. The molecule has 16 rings (SSSR count). The molecule has 12 aromatic rings. The van der Waals surface area contributed by atoms with E-state index in [0.29, 0.717) is 0 Å². The van der Waals surface area contributed by atoms with Gasteiger partial charge in [0.25, 0.3) is 6.71 Å². The molecule has 0 radical (unpaired) electrons. The number of furan rings is 1. The van der Waals surface area contributed by atoms with Gasteiger partial charge in [-0.3, -0.25) is 0 Å². The fourth-order valence-corrected chi connectivity index (χ4v) is 15.6. The van der Waals surface area contributed by atoms with Crippen LogP contribution in [0.5, 0.6) is 0 Å². The summed E-state index contributed by atoms with van der Waals surface area (Å²) >= 11 is 1.90. The smallest absolute Gasteiger partial charge is 0.252 e. The first kappa shape index (κ1) is 43.1. The molecule has 1 saturated carbocycles. The van der Waals surface area contributed by atoms with Crippen molar-refractivity contribution in [3.63, 3.8) is 0 Å². The van der Waals surface area contributed by atoms with Gasteiger partial charge in [-0.15, -0.1) is 11.3 Å². The van der Waals surface area contributed by atoms with Crippen molar-refractivity contribution in [3.05, 3.63) is 223 Å². The molecule has 0 N–H and O–H groups in total. The highest BCUT2D eigenvalue weighted by atomic mass is 32.1. The molecule has 1 aliphatic carbocycles.